The molecule has 1 aromatic heterocycles. The summed E-state index contributed by atoms with van der Waals surface area (Å²) >= 11 is 6.31. The molecule has 1 atom stereocenters. The molecular formula is C26H20ClN3O. The summed E-state index contributed by atoms with van der Waals surface area (Å²) in [6, 6.07) is 25.6. The first-order chi connectivity index (χ1) is 15.2. The van der Waals surface area contributed by atoms with Gasteiger partial charge in [0, 0.05) is 27.9 Å². The van der Waals surface area contributed by atoms with Crippen LogP contribution in [0.25, 0.3) is 28.1 Å². The van der Waals surface area contributed by atoms with E-state index in [1.807, 2.05) is 60.7 Å². The van der Waals surface area contributed by atoms with Crippen LogP contribution < -0.4 is 11.0 Å². The highest BCUT2D eigenvalue weighted by Gasteiger charge is 2.24. The number of rotatable bonds is 4. The van der Waals surface area contributed by atoms with Crippen LogP contribution in [0, 0.1) is 0 Å². The van der Waals surface area contributed by atoms with E-state index >= 15 is 0 Å². The molecule has 31 heavy (non-hydrogen) atoms. The summed E-state index contributed by atoms with van der Waals surface area (Å²) in [5.41, 5.74) is 8.04. The highest BCUT2D eigenvalue weighted by Crippen LogP contribution is 2.32. The van der Waals surface area contributed by atoms with Crippen LogP contribution in [-0.4, -0.2) is 16.7 Å². The van der Waals surface area contributed by atoms with Gasteiger partial charge in [-0.3, -0.25) is 4.79 Å². The standard InChI is InChI=1S/C26H20ClN3O/c27-19-12-14-22-21(15-19)24(18-9-5-2-6-10-18)25(26(31)28-22)23-16-20(29-30-23)13-11-17-7-3-1-4-8-17/h1-15,20,29H,16H2,(H,28,31)/b13-11-/t20-/m0/s1. The summed E-state index contributed by atoms with van der Waals surface area (Å²) in [7, 11) is 0. The van der Waals surface area contributed by atoms with Gasteiger partial charge < -0.3 is 10.4 Å². The fourth-order valence-electron chi connectivity index (χ4n) is 3.97. The molecule has 1 aliphatic rings. The van der Waals surface area contributed by atoms with Crippen molar-refractivity contribution >= 4 is 34.3 Å². The zero-order valence-corrected chi connectivity index (χ0v) is 17.4. The van der Waals surface area contributed by atoms with Gasteiger partial charge in [-0.25, -0.2) is 0 Å². The number of halogens is 1. The Balaban J connectivity index is 1.58. The number of aromatic amines is 1. The summed E-state index contributed by atoms with van der Waals surface area (Å²) in [5, 5.41) is 6.06. The topological polar surface area (TPSA) is 57.2 Å². The Morgan fingerprint density at radius 3 is 2.45 bits per heavy atom. The lowest BCUT2D eigenvalue weighted by Crippen LogP contribution is -2.21. The molecular weight excluding hydrogens is 406 g/mol. The predicted octanol–water partition coefficient (Wildman–Crippen LogP) is 5.63. The predicted molar refractivity (Wildman–Crippen MR) is 129 cm³/mol. The van der Waals surface area contributed by atoms with Crippen LogP contribution in [0.1, 0.15) is 17.5 Å². The molecule has 0 saturated heterocycles. The third-order valence-electron chi connectivity index (χ3n) is 5.43. The van der Waals surface area contributed by atoms with Gasteiger partial charge in [-0.15, -0.1) is 0 Å². The first-order valence-electron chi connectivity index (χ1n) is 10.2. The van der Waals surface area contributed by atoms with Gasteiger partial charge in [0.15, 0.2) is 0 Å². The molecule has 1 aliphatic heterocycles. The molecule has 0 bridgehead atoms. The van der Waals surface area contributed by atoms with Gasteiger partial charge in [-0.05, 0) is 29.3 Å². The minimum atomic E-state index is -0.151. The lowest BCUT2D eigenvalue weighted by molar-refractivity contribution is 0.694. The second kappa shape index (κ2) is 8.25. The minimum absolute atomic E-state index is 0.0216. The molecule has 0 radical (unpaired) electrons. The van der Waals surface area contributed by atoms with Crippen LogP contribution in [0.4, 0.5) is 0 Å². The molecule has 0 aliphatic carbocycles. The van der Waals surface area contributed by atoms with Crippen LogP contribution in [0.3, 0.4) is 0 Å². The van der Waals surface area contributed by atoms with Crippen molar-refractivity contribution in [2.45, 2.75) is 12.5 Å². The molecule has 2 N–H and O–H groups in total. The Morgan fingerprint density at radius 1 is 0.935 bits per heavy atom. The van der Waals surface area contributed by atoms with Crippen LogP contribution in [-0.2, 0) is 0 Å². The van der Waals surface area contributed by atoms with Crippen molar-refractivity contribution < 1.29 is 0 Å². The van der Waals surface area contributed by atoms with Gasteiger partial charge in [0.2, 0.25) is 0 Å². The maximum absolute atomic E-state index is 13.2. The third-order valence-corrected chi connectivity index (χ3v) is 5.66. The van der Waals surface area contributed by atoms with Crippen molar-refractivity contribution in [3.63, 3.8) is 0 Å². The number of fused-ring (bicyclic) bond motifs is 1. The molecule has 2 heterocycles. The third kappa shape index (κ3) is 3.90. The van der Waals surface area contributed by atoms with Crippen molar-refractivity contribution in [3.8, 4) is 11.1 Å². The number of aromatic nitrogens is 1. The summed E-state index contributed by atoms with van der Waals surface area (Å²) < 4.78 is 0. The lowest BCUT2D eigenvalue weighted by atomic mass is 9.92. The first-order valence-corrected chi connectivity index (χ1v) is 10.5. The minimum Gasteiger partial charge on any atom is -0.321 e. The first kappa shape index (κ1) is 19.3. The number of nitrogens with one attached hydrogen (secondary N) is 2. The fraction of sp³-hybridized carbons (Fsp3) is 0.0769. The van der Waals surface area contributed by atoms with E-state index in [-0.39, 0.29) is 11.6 Å². The quantitative estimate of drug-likeness (QED) is 0.445. The van der Waals surface area contributed by atoms with E-state index in [0.717, 1.165) is 33.3 Å². The molecule has 4 aromatic rings. The molecule has 0 amide bonds. The Bertz CT molecular complexity index is 1360. The van der Waals surface area contributed by atoms with E-state index in [9.17, 15) is 4.79 Å². The number of pyridine rings is 1. The molecule has 4 nitrogen and oxygen atoms in total. The van der Waals surface area contributed by atoms with E-state index in [2.05, 4.69) is 39.8 Å². The van der Waals surface area contributed by atoms with Crippen molar-refractivity contribution in [1.82, 2.24) is 10.4 Å². The van der Waals surface area contributed by atoms with Crippen LogP contribution in [0.5, 0.6) is 0 Å². The number of hydrogen-bond donors (Lipinski definition) is 2. The smallest absolute Gasteiger partial charge is 0.258 e. The van der Waals surface area contributed by atoms with Gasteiger partial charge in [0.25, 0.3) is 5.56 Å². The summed E-state index contributed by atoms with van der Waals surface area (Å²) in [4.78, 5) is 16.2. The monoisotopic (exact) mass is 425 g/mol. The van der Waals surface area contributed by atoms with Gasteiger partial charge in [0.1, 0.15) is 0 Å². The number of hydrogen-bond acceptors (Lipinski definition) is 3. The Morgan fingerprint density at radius 2 is 1.68 bits per heavy atom. The van der Waals surface area contributed by atoms with E-state index in [4.69, 9.17) is 11.6 Å². The molecule has 0 saturated carbocycles. The van der Waals surface area contributed by atoms with Crippen molar-refractivity contribution in [1.29, 1.82) is 0 Å². The maximum Gasteiger partial charge on any atom is 0.258 e. The lowest BCUT2D eigenvalue weighted by Gasteiger charge is -2.13. The zero-order chi connectivity index (χ0) is 21.2. The Kier molecular flexibility index (Phi) is 5.14. The van der Waals surface area contributed by atoms with Crippen molar-refractivity contribution in [3.05, 3.63) is 111 Å². The highest BCUT2D eigenvalue weighted by molar-refractivity contribution is 6.31. The van der Waals surface area contributed by atoms with Gasteiger partial charge in [-0.2, -0.15) is 5.10 Å². The molecule has 0 unspecified atom stereocenters. The molecule has 5 rings (SSSR count). The zero-order valence-electron chi connectivity index (χ0n) is 16.7. The van der Waals surface area contributed by atoms with Gasteiger partial charge in [0.05, 0.1) is 17.3 Å². The maximum atomic E-state index is 13.2. The van der Waals surface area contributed by atoms with Crippen LogP contribution in [0.15, 0.2) is 94.8 Å². The largest absolute Gasteiger partial charge is 0.321 e. The number of hydrazone groups is 1. The van der Waals surface area contributed by atoms with E-state index < -0.39 is 0 Å². The molecule has 0 fully saturated rings. The highest BCUT2D eigenvalue weighted by atomic mass is 35.5. The van der Waals surface area contributed by atoms with E-state index in [1.54, 1.807) is 6.07 Å². The van der Waals surface area contributed by atoms with E-state index in [1.165, 1.54) is 0 Å². The number of H-pyrrole nitrogens is 1. The Hall–Kier alpha value is -3.63. The second-order valence-electron chi connectivity index (χ2n) is 7.53. The second-order valence-corrected chi connectivity index (χ2v) is 7.96. The number of benzene rings is 3. The summed E-state index contributed by atoms with van der Waals surface area (Å²) in [6.07, 6.45) is 4.77. The average Bonchev–Trinajstić information content (AvgIpc) is 3.27. The van der Waals surface area contributed by atoms with Crippen LogP contribution >= 0.6 is 11.6 Å². The molecule has 0 spiro atoms. The summed E-state index contributed by atoms with van der Waals surface area (Å²) in [6.45, 7) is 0. The normalized spacial score (nSPS) is 15.9. The van der Waals surface area contributed by atoms with Crippen molar-refractivity contribution in [2.24, 2.45) is 5.10 Å². The summed E-state index contributed by atoms with van der Waals surface area (Å²) in [5.74, 6) is 0. The fourth-order valence-corrected chi connectivity index (χ4v) is 4.14. The molecule has 152 valence electrons. The SMILES string of the molecule is O=c1[nH]c2ccc(Cl)cc2c(-c2ccccc2)c1C1=NN[C@@H](/C=C\c2ccccc2)C1. The molecule has 5 heteroatoms. The van der Waals surface area contributed by atoms with Crippen LogP contribution in [0.2, 0.25) is 5.02 Å². The van der Waals surface area contributed by atoms with Gasteiger partial charge >= 0.3 is 0 Å². The molecule has 3 aromatic carbocycles. The van der Waals surface area contributed by atoms with E-state index in [0.29, 0.717) is 17.0 Å². The average molecular weight is 426 g/mol. The Labute approximate surface area is 184 Å². The van der Waals surface area contributed by atoms with Crippen molar-refractivity contribution in [2.75, 3.05) is 0 Å². The number of nitrogens with zero attached hydrogens (tertiary/aromatic N) is 1. The van der Waals surface area contributed by atoms with Gasteiger partial charge in [-0.1, -0.05) is 84.4 Å².